The fraction of sp³-hybridized carbons (Fsp3) is 0.412. The van der Waals surface area contributed by atoms with Crippen molar-refractivity contribution < 1.29 is 14.0 Å². The maximum atomic E-state index is 6.36. The number of ether oxygens (including phenoxy) is 1. The molecule has 0 aromatic heterocycles. The summed E-state index contributed by atoms with van der Waals surface area (Å²) in [6.45, 7) is 8.21. The highest BCUT2D eigenvalue weighted by Gasteiger charge is 2.51. The van der Waals surface area contributed by atoms with Crippen molar-refractivity contribution in [2.24, 2.45) is 0 Å². The molecule has 116 valence electrons. The Morgan fingerprint density at radius 1 is 1.00 bits per heavy atom. The van der Waals surface area contributed by atoms with Crippen molar-refractivity contribution in [1.29, 1.82) is 0 Å². The number of rotatable bonds is 2. The minimum atomic E-state index is -0.365. The zero-order chi connectivity index (χ0) is 16.1. The third-order valence-corrected chi connectivity index (χ3v) is 5.08. The van der Waals surface area contributed by atoms with E-state index in [0.717, 1.165) is 16.2 Å². The fourth-order valence-corrected chi connectivity index (χ4v) is 2.89. The summed E-state index contributed by atoms with van der Waals surface area (Å²) < 4.78 is 17.4. The second kappa shape index (κ2) is 5.15. The van der Waals surface area contributed by atoms with Crippen LogP contribution in [-0.4, -0.2) is 25.4 Å². The predicted octanol–water partition coefficient (Wildman–Crippen LogP) is 3.80. The quantitative estimate of drug-likeness (QED) is 0.788. The predicted molar refractivity (Wildman–Crippen MR) is 91.2 cm³/mol. The SMILES string of the molecule is COc1ccc2cc(B3OC(C)(C)C(C)(C)O3)ccc2c1Cl. The summed E-state index contributed by atoms with van der Waals surface area (Å²) in [5, 5.41) is 2.62. The number of benzene rings is 2. The highest BCUT2D eigenvalue weighted by atomic mass is 35.5. The first kappa shape index (κ1) is 15.7. The molecule has 0 saturated carbocycles. The van der Waals surface area contributed by atoms with Gasteiger partial charge in [0.15, 0.2) is 0 Å². The Morgan fingerprint density at radius 3 is 2.23 bits per heavy atom. The van der Waals surface area contributed by atoms with E-state index in [0.29, 0.717) is 10.8 Å². The molecule has 1 aliphatic rings. The van der Waals surface area contributed by atoms with Gasteiger partial charge >= 0.3 is 7.12 Å². The molecule has 0 N–H and O–H groups in total. The summed E-state index contributed by atoms with van der Waals surface area (Å²) in [6.07, 6.45) is 0. The van der Waals surface area contributed by atoms with Crippen LogP contribution in [0.2, 0.25) is 5.02 Å². The highest BCUT2D eigenvalue weighted by molar-refractivity contribution is 6.62. The zero-order valence-corrected chi connectivity index (χ0v) is 14.3. The lowest BCUT2D eigenvalue weighted by Crippen LogP contribution is -2.41. The van der Waals surface area contributed by atoms with E-state index in [4.69, 9.17) is 25.6 Å². The van der Waals surface area contributed by atoms with E-state index in [1.807, 2.05) is 24.3 Å². The molecule has 0 atom stereocenters. The van der Waals surface area contributed by atoms with E-state index in [9.17, 15) is 0 Å². The van der Waals surface area contributed by atoms with E-state index in [1.165, 1.54) is 0 Å². The van der Waals surface area contributed by atoms with E-state index in [-0.39, 0.29) is 18.3 Å². The third kappa shape index (κ3) is 2.39. The molecule has 0 amide bonds. The van der Waals surface area contributed by atoms with Crippen LogP contribution in [0, 0.1) is 0 Å². The average molecular weight is 319 g/mol. The molecular formula is C17H20BClO3. The first-order valence-electron chi connectivity index (χ1n) is 7.37. The molecule has 1 saturated heterocycles. The third-order valence-electron chi connectivity index (χ3n) is 4.69. The molecule has 2 aromatic carbocycles. The van der Waals surface area contributed by atoms with E-state index in [2.05, 4.69) is 33.8 Å². The van der Waals surface area contributed by atoms with Crippen molar-refractivity contribution in [2.75, 3.05) is 7.11 Å². The molecule has 1 heterocycles. The van der Waals surface area contributed by atoms with Crippen molar-refractivity contribution in [3.8, 4) is 5.75 Å². The largest absolute Gasteiger partial charge is 0.495 e. The molecule has 0 radical (unpaired) electrons. The Kier molecular flexibility index (Phi) is 3.67. The van der Waals surface area contributed by atoms with Gasteiger partial charge in [0, 0.05) is 5.39 Å². The molecule has 0 spiro atoms. The molecule has 0 unspecified atom stereocenters. The summed E-state index contributed by atoms with van der Waals surface area (Å²) in [5.41, 5.74) is 0.307. The van der Waals surface area contributed by atoms with Crippen LogP contribution in [0.25, 0.3) is 10.8 Å². The monoisotopic (exact) mass is 318 g/mol. The van der Waals surface area contributed by atoms with Gasteiger partial charge in [-0.1, -0.05) is 35.9 Å². The van der Waals surface area contributed by atoms with Crippen LogP contribution in [0.4, 0.5) is 0 Å². The first-order chi connectivity index (χ1) is 10.2. The number of hydrogen-bond acceptors (Lipinski definition) is 3. The Bertz CT molecular complexity index is 711. The number of fused-ring (bicyclic) bond motifs is 1. The van der Waals surface area contributed by atoms with Gasteiger partial charge in [-0.2, -0.15) is 0 Å². The Labute approximate surface area is 136 Å². The van der Waals surface area contributed by atoms with Gasteiger partial charge in [0.2, 0.25) is 0 Å². The molecule has 0 aliphatic carbocycles. The summed E-state index contributed by atoms with van der Waals surface area (Å²) in [5.74, 6) is 0.678. The van der Waals surface area contributed by atoms with E-state index >= 15 is 0 Å². The Balaban J connectivity index is 2.01. The first-order valence-corrected chi connectivity index (χ1v) is 7.75. The van der Waals surface area contributed by atoms with Gasteiger partial charge in [-0.3, -0.25) is 0 Å². The molecule has 3 nitrogen and oxygen atoms in total. The molecular weight excluding hydrogens is 298 g/mol. The molecule has 1 fully saturated rings. The van der Waals surface area contributed by atoms with Crippen LogP contribution >= 0.6 is 11.6 Å². The molecule has 5 heteroatoms. The standard InChI is InChI=1S/C17H20BClO3/c1-16(2)17(3,4)22-18(21-16)12-7-8-13-11(10-12)6-9-14(20-5)15(13)19/h6-10H,1-5H3. The molecule has 3 rings (SSSR count). The minimum absolute atomic E-state index is 0.343. The highest BCUT2D eigenvalue weighted by Crippen LogP contribution is 2.37. The lowest BCUT2D eigenvalue weighted by atomic mass is 9.78. The van der Waals surface area contributed by atoms with Crippen molar-refractivity contribution >= 4 is 35.0 Å². The van der Waals surface area contributed by atoms with Crippen LogP contribution in [0.15, 0.2) is 30.3 Å². The van der Waals surface area contributed by atoms with Crippen molar-refractivity contribution in [2.45, 2.75) is 38.9 Å². The Hall–Kier alpha value is -1.23. The van der Waals surface area contributed by atoms with Gasteiger partial charge in [-0.25, -0.2) is 0 Å². The van der Waals surface area contributed by atoms with Crippen molar-refractivity contribution in [1.82, 2.24) is 0 Å². The second-order valence-corrected chi connectivity index (χ2v) is 7.03. The van der Waals surface area contributed by atoms with Crippen LogP contribution in [0.5, 0.6) is 5.75 Å². The lowest BCUT2D eigenvalue weighted by Gasteiger charge is -2.32. The summed E-state index contributed by atoms with van der Waals surface area (Å²) in [7, 11) is 1.25. The summed E-state index contributed by atoms with van der Waals surface area (Å²) in [6, 6.07) is 9.91. The number of halogens is 1. The summed E-state index contributed by atoms with van der Waals surface area (Å²) >= 11 is 6.36. The molecule has 1 aliphatic heterocycles. The van der Waals surface area contributed by atoms with Crippen molar-refractivity contribution in [3.05, 3.63) is 35.4 Å². The van der Waals surface area contributed by atoms with Crippen LogP contribution in [-0.2, 0) is 9.31 Å². The summed E-state index contributed by atoms with van der Waals surface area (Å²) in [4.78, 5) is 0. The van der Waals surface area contributed by atoms with Crippen LogP contribution < -0.4 is 10.2 Å². The smallest absolute Gasteiger partial charge is 0.494 e. The maximum Gasteiger partial charge on any atom is 0.494 e. The maximum absolute atomic E-state index is 6.36. The van der Waals surface area contributed by atoms with Crippen molar-refractivity contribution in [3.63, 3.8) is 0 Å². The van der Waals surface area contributed by atoms with Gasteiger partial charge < -0.3 is 14.0 Å². The number of methoxy groups -OCH3 is 1. The van der Waals surface area contributed by atoms with Crippen LogP contribution in [0.1, 0.15) is 27.7 Å². The molecule has 2 aromatic rings. The normalized spacial score (nSPS) is 19.6. The fourth-order valence-electron chi connectivity index (χ4n) is 2.57. The molecule has 22 heavy (non-hydrogen) atoms. The van der Waals surface area contributed by atoms with E-state index < -0.39 is 0 Å². The van der Waals surface area contributed by atoms with Crippen LogP contribution in [0.3, 0.4) is 0 Å². The minimum Gasteiger partial charge on any atom is -0.495 e. The number of hydrogen-bond donors (Lipinski definition) is 0. The van der Waals surface area contributed by atoms with Gasteiger partial charge in [0.1, 0.15) is 5.75 Å². The lowest BCUT2D eigenvalue weighted by molar-refractivity contribution is 0.00578. The van der Waals surface area contributed by atoms with Gasteiger partial charge in [0.05, 0.1) is 23.3 Å². The van der Waals surface area contributed by atoms with E-state index in [1.54, 1.807) is 7.11 Å². The van der Waals surface area contributed by atoms with Gasteiger partial charge in [-0.15, -0.1) is 0 Å². The van der Waals surface area contributed by atoms with Gasteiger partial charge in [0.25, 0.3) is 0 Å². The molecule has 0 bridgehead atoms. The Morgan fingerprint density at radius 2 is 1.64 bits per heavy atom. The van der Waals surface area contributed by atoms with Gasteiger partial charge in [-0.05, 0) is 44.6 Å². The topological polar surface area (TPSA) is 27.7 Å². The zero-order valence-electron chi connectivity index (χ0n) is 13.6. The average Bonchev–Trinajstić information content (AvgIpc) is 2.67. The second-order valence-electron chi connectivity index (χ2n) is 6.65.